The quantitative estimate of drug-likeness (QED) is 0.226. The van der Waals surface area contributed by atoms with Crippen molar-refractivity contribution in [3.05, 3.63) is 109 Å². The van der Waals surface area contributed by atoms with E-state index in [1.54, 1.807) is 12.1 Å². The molecule has 2 nitrogen and oxygen atoms in total. The molecule has 2 heteroatoms. The molecule has 0 amide bonds. The fourth-order valence-corrected chi connectivity index (χ4v) is 5.65. The fourth-order valence-electron chi connectivity index (χ4n) is 5.65. The second-order valence-electron chi connectivity index (χ2n) is 9.33. The first-order valence-electron chi connectivity index (χ1n) is 11.8. The molecule has 0 heterocycles. The molecule has 0 saturated carbocycles. The zero-order chi connectivity index (χ0) is 23.7. The molecule has 166 valence electrons. The summed E-state index contributed by atoms with van der Waals surface area (Å²) in [5.74, 6) is 0.717. The third-order valence-corrected chi connectivity index (χ3v) is 7.37. The Morgan fingerprint density at radius 2 is 0.743 bits per heavy atom. The normalized spacial score (nSPS) is 11.8. The SMILES string of the molecule is Cc1ccc2ccc3c(O)ccc4ccc1c2c43.Oc1ccc2ccc3cccc4ccc1c2c34. The number of hydrogen-bond acceptors (Lipinski definition) is 2. The minimum absolute atomic E-state index is 0.357. The van der Waals surface area contributed by atoms with Crippen LogP contribution in [-0.2, 0) is 0 Å². The largest absolute Gasteiger partial charge is 0.507 e. The molecule has 0 atom stereocenters. The number of phenols is 2. The summed E-state index contributed by atoms with van der Waals surface area (Å²) in [6.45, 7) is 2.13. The van der Waals surface area contributed by atoms with Gasteiger partial charge in [0.2, 0.25) is 0 Å². The van der Waals surface area contributed by atoms with Gasteiger partial charge in [-0.3, -0.25) is 0 Å². The molecule has 0 aromatic heterocycles. The molecule has 8 rings (SSSR count). The summed E-state index contributed by atoms with van der Waals surface area (Å²) in [6, 6.07) is 34.8. The van der Waals surface area contributed by atoms with E-state index in [1.807, 2.05) is 24.3 Å². The number of hydrogen-bond donors (Lipinski definition) is 2. The summed E-state index contributed by atoms with van der Waals surface area (Å²) in [4.78, 5) is 0. The molecule has 35 heavy (non-hydrogen) atoms. The van der Waals surface area contributed by atoms with Crippen LogP contribution in [0.1, 0.15) is 5.56 Å². The third kappa shape index (κ3) is 2.83. The first kappa shape index (κ1) is 19.9. The monoisotopic (exact) mass is 450 g/mol. The van der Waals surface area contributed by atoms with E-state index in [0.717, 1.165) is 10.8 Å². The van der Waals surface area contributed by atoms with Crippen LogP contribution >= 0.6 is 0 Å². The first-order chi connectivity index (χ1) is 17.1. The zero-order valence-electron chi connectivity index (χ0n) is 19.2. The molecule has 0 aliphatic rings. The van der Waals surface area contributed by atoms with Gasteiger partial charge >= 0.3 is 0 Å². The summed E-state index contributed by atoms with van der Waals surface area (Å²) < 4.78 is 0. The maximum atomic E-state index is 10.0. The van der Waals surface area contributed by atoms with E-state index in [2.05, 4.69) is 73.7 Å². The van der Waals surface area contributed by atoms with E-state index in [1.165, 1.54) is 59.4 Å². The highest BCUT2D eigenvalue weighted by Gasteiger charge is 2.11. The second-order valence-corrected chi connectivity index (χ2v) is 9.33. The van der Waals surface area contributed by atoms with Gasteiger partial charge in [-0.15, -0.1) is 0 Å². The minimum Gasteiger partial charge on any atom is -0.507 e. The highest BCUT2D eigenvalue weighted by atomic mass is 16.3. The highest BCUT2D eigenvalue weighted by Crippen LogP contribution is 2.39. The van der Waals surface area contributed by atoms with Gasteiger partial charge in [-0.2, -0.15) is 0 Å². The average Bonchev–Trinajstić information content (AvgIpc) is 2.89. The van der Waals surface area contributed by atoms with Crippen molar-refractivity contribution in [3.63, 3.8) is 0 Å². The van der Waals surface area contributed by atoms with Crippen molar-refractivity contribution in [3.8, 4) is 11.5 Å². The van der Waals surface area contributed by atoms with Gasteiger partial charge in [0, 0.05) is 21.5 Å². The van der Waals surface area contributed by atoms with Gasteiger partial charge in [-0.25, -0.2) is 0 Å². The van der Waals surface area contributed by atoms with E-state index in [0.29, 0.717) is 11.5 Å². The zero-order valence-corrected chi connectivity index (χ0v) is 19.2. The molecular weight excluding hydrogens is 428 g/mol. The average molecular weight is 451 g/mol. The number of aromatic hydroxyl groups is 2. The summed E-state index contributed by atoms with van der Waals surface area (Å²) in [6.07, 6.45) is 0. The maximum absolute atomic E-state index is 10.0. The van der Waals surface area contributed by atoms with Crippen LogP contribution in [0.4, 0.5) is 0 Å². The first-order valence-corrected chi connectivity index (χ1v) is 11.8. The van der Waals surface area contributed by atoms with Crippen LogP contribution in [0.25, 0.3) is 64.6 Å². The van der Waals surface area contributed by atoms with Crippen LogP contribution in [0.2, 0.25) is 0 Å². The van der Waals surface area contributed by atoms with Crippen molar-refractivity contribution in [1.29, 1.82) is 0 Å². The summed E-state index contributed by atoms with van der Waals surface area (Å²) in [5, 5.41) is 34.0. The molecule has 0 fully saturated rings. The molecule has 0 radical (unpaired) electrons. The van der Waals surface area contributed by atoms with E-state index < -0.39 is 0 Å². The van der Waals surface area contributed by atoms with Gasteiger partial charge in [-0.05, 0) is 67.7 Å². The van der Waals surface area contributed by atoms with Crippen LogP contribution < -0.4 is 0 Å². The molecule has 8 aromatic carbocycles. The van der Waals surface area contributed by atoms with E-state index in [-0.39, 0.29) is 0 Å². The van der Waals surface area contributed by atoms with Crippen molar-refractivity contribution in [1.82, 2.24) is 0 Å². The van der Waals surface area contributed by atoms with Crippen molar-refractivity contribution in [2.24, 2.45) is 0 Å². The van der Waals surface area contributed by atoms with Gasteiger partial charge in [0.05, 0.1) is 0 Å². The number of rotatable bonds is 0. The lowest BCUT2D eigenvalue weighted by atomic mass is 9.92. The maximum Gasteiger partial charge on any atom is 0.123 e. The van der Waals surface area contributed by atoms with Gasteiger partial charge in [0.15, 0.2) is 0 Å². The Morgan fingerprint density at radius 1 is 0.371 bits per heavy atom. The van der Waals surface area contributed by atoms with Crippen LogP contribution in [0.5, 0.6) is 11.5 Å². The molecule has 0 spiro atoms. The Hall–Kier alpha value is -4.56. The molecule has 0 unspecified atom stereocenters. The van der Waals surface area contributed by atoms with Crippen molar-refractivity contribution in [2.75, 3.05) is 0 Å². The summed E-state index contributed by atoms with van der Waals surface area (Å²) in [5.41, 5.74) is 1.28. The van der Waals surface area contributed by atoms with Crippen LogP contribution in [-0.4, -0.2) is 10.2 Å². The lowest BCUT2D eigenvalue weighted by Crippen LogP contribution is -1.86. The number of aryl methyl sites for hydroxylation is 1. The predicted molar refractivity (Wildman–Crippen MR) is 148 cm³/mol. The molecule has 0 aliphatic heterocycles. The lowest BCUT2D eigenvalue weighted by Gasteiger charge is -2.12. The van der Waals surface area contributed by atoms with Gasteiger partial charge in [-0.1, -0.05) is 91.0 Å². The van der Waals surface area contributed by atoms with Gasteiger partial charge in [0.25, 0.3) is 0 Å². The Labute approximate surface area is 201 Å². The highest BCUT2D eigenvalue weighted by molar-refractivity contribution is 6.25. The van der Waals surface area contributed by atoms with E-state index >= 15 is 0 Å². The van der Waals surface area contributed by atoms with Crippen LogP contribution in [0.3, 0.4) is 0 Å². The van der Waals surface area contributed by atoms with Crippen LogP contribution in [0, 0.1) is 6.92 Å². The summed E-state index contributed by atoms with van der Waals surface area (Å²) >= 11 is 0. The standard InChI is InChI=1S/C17H12O.C16H10O/c1-10-2-3-11-5-8-14-15(18)9-6-12-4-7-13(10)16(11)17(12)14;17-14-9-7-12-5-4-10-2-1-3-11-6-8-13(14)16(12)15(10)11/h2-9,18H,1H3;1-9,17H. The Kier molecular flexibility index (Phi) is 4.10. The minimum atomic E-state index is 0.357. The molecule has 8 aromatic rings. The Morgan fingerprint density at radius 3 is 1.31 bits per heavy atom. The van der Waals surface area contributed by atoms with Crippen LogP contribution in [0.15, 0.2) is 103 Å². The topological polar surface area (TPSA) is 40.5 Å². The molecular formula is C33H22O2. The van der Waals surface area contributed by atoms with Crippen molar-refractivity contribution >= 4 is 64.6 Å². The smallest absolute Gasteiger partial charge is 0.123 e. The van der Waals surface area contributed by atoms with Crippen molar-refractivity contribution in [2.45, 2.75) is 6.92 Å². The molecule has 0 saturated heterocycles. The summed E-state index contributed by atoms with van der Waals surface area (Å²) in [7, 11) is 0. The Balaban J connectivity index is 0.000000120. The van der Waals surface area contributed by atoms with E-state index in [4.69, 9.17) is 0 Å². The third-order valence-electron chi connectivity index (χ3n) is 7.37. The Bertz CT molecular complexity index is 1940. The van der Waals surface area contributed by atoms with Crippen molar-refractivity contribution < 1.29 is 10.2 Å². The second kappa shape index (κ2) is 7.22. The molecule has 0 bridgehead atoms. The number of phenolic OH excluding ortho intramolecular Hbond substituents is 2. The number of benzene rings is 8. The van der Waals surface area contributed by atoms with E-state index in [9.17, 15) is 10.2 Å². The molecule has 0 aliphatic carbocycles. The van der Waals surface area contributed by atoms with Gasteiger partial charge in [0.1, 0.15) is 11.5 Å². The fraction of sp³-hybridized carbons (Fsp3) is 0.0303. The molecule has 2 N–H and O–H groups in total. The predicted octanol–water partition coefficient (Wildman–Crippen LogP) is 8.89. The lowest BCUT2D eigenvalue weighted by molar-refractivity contribution is 0.481. The van der Waals surface area contributed by atoms with Gasteiger partial charge < -0.3 is 10.2 Å².